The summed E-state index contributed by atoms with van der Waals surface area (Å²) >= 11 is 0. The molecule has 4 heteroatoms. The quantitative estimate of drug-likeness (QED) is 0.673. The molecule has 4 nitrogen and oxygen atoms in total. The van der Waals surface area contributed by atoms with E-state index in [-0.39, 0.29) is 0 Å². The molecule has 0 unspecified atom stereocenters. The van der Waals surface area contributed by atoms with Crippen molar-refractivity contribution in [1.29, 1.82) is 0 Å². The first kappa shape index (κ1) is 7.61. The fourth-order valence-corrected chi connectivity index (χ4v) is 0.967. The maximum atomic E-state index is 5.46. The van der Waals surface area contributed by atoms with Crippen molar-refractivity contribution < 1.29 is 9.47 Å². The third-order valence-corrected chi connectivity index (χ3v) is 1.69. The first-order chi connectivity index (χ1) is 5.88. The lowest BCUT2D eigenvalue weighted by molar-refractivity contribution is 0.118. The van der Waals surface area contributed by atoms with Gasteiger partial charge in [0, 0.05) is 19.4 Å². The molecular weight excluding hydrogens is 156 g/mol. The van der Waals surface area contributed by atoms with Crippen LogP contribution in [0.25, 0.3) is 0 Å². The first-order valence-electron chi connectivity index (χ1n) is 4.07. The minimum absolute atomic E-state index is 0.413. The van der Waals surface area contributed by atoms with E-state index in [2.05, 4.69) is 5.10 Å². The van der Waals surface area contributed by atoms with Crippen LogP contribution in [0.5, 0.6) is 5.88 Å². The van der Waals surface area contributed by atoms with Crippen LogP contribution in [0.15, 0.2) is 12.3 Å². The molecule has 0 aliphatic heterocycles. The number of ether oxygens (including phenoxy) is 2. The molecular formula is C8H12N2O2. The highest BCUT2D eigenvalue weighted by Crippen LogP contribution is 2.25. The van der Waals surface area contributed by atoms with Crippen LogP contribution in [0.3, 0.4) is 0 Å². The summed E-state index contributed by atoms with van der Waals surface area (Å²) in [4.78, 5) is 0. The van der Waals surface area contributed by atoms with Gasteiger partial charge in [-0.05, 0) is 12.8 Å². The third-order valence-electron chi connectivity index (χ3n) is 1.69. The number of methoxy groups -OCH3 is 1. The molecule has 66 valence electrons. The summed E-state index contributed by atoms with van der Waals surface area (Å²) in [6, 6.07) is 1.86. The number of aromatic nitrogens is 2. The van der Waals surface area contributed by atoms with E-state index in [1.807, 2.05) is 12.3 Å². The van der Waals surface area contributed by atoms with Crippen LogP contribution in [-0.4, -0.2) is 23.0 Å². The van der Waals surface area contributed by atoms with E-state index < -0.39 is 0 Å². The second kappa shape index (κ2) is 3.15. The van der Waals surface area contributed by atoms with Crippen molar-refractivity contribution in [3.63, 3.8) is 0 Å². The summed E-state index contributed by atoms with van der Waals surface area (Å²) in [5.74, 6) is 0.703. The largest absolute Gasteiger partial charge is 0.473 e. The molecule has 0 radical (unpaired) electrons. The van der Waals surface area contributed by atoms with Gasteiger partial charge >= 0.3 is 0 Å². The Morgan fingerprint density at radius 3 is 3.17 bits per heavy atom. The SMILES string of the molecule is COCn1ccc(OC2CC2)n1. The Hall–Kier alpha value is -1.03. The van der Waals surface area contributed by atoms with Gasteiger partial charge in [0.05, 0.1) is 0 Å². The molecule has 1 aliphatic rings. The number of hydrogen-bond donors (Lipinski definition) is 0. The summed E-state index contributed by atoms with van der Waals surface area (Å²) < 4.78 is 12.1. The molecule has 1 saturated carbocycles. The van der Waals surface area contributed by atoms with Gasteiger partial charge in [-0.15, -0.1) is 5.10 Å². The number of hydrogen-bond acceptors (Lipinski definition) is 3. The second-order valence-corrected chi connectivity index (χ2v) is 2.93. The average molecular weight is 168 g/mol. The summed E-state index contributed by atoms with van der Waals surface area (Å²) in [5, 5.41) is 4.15. The third kappa shape index (κ3) is 1.76. The second-order valence-electron chi connectivity index (χ2n) is 2.93. The van der Waals surface area contributed by atoms with E-state index in [1.165, 1.54) is 0 Å². The fourth-order valence-electron chi connectivity index (χ4n) is 0.967. The minimum atomic E-state index is 0.413. The zero-order chi connectivity index (χ0) is 8.39. The van der Waals surface area contributed by atoms with Gasteiger partial charge in [-0.1, -0.05) is 0 Å². The van der Waals surface area contributed by atoms with Gasteiger partial charge in [0.25, 0.3) is 0 Å². The number of rotatable bonds is 4. The van der Waals surface area contributed by atoms with Crippen molar-refractivity contribution in [2.24, 2.45) is 0 Å². The van der Waals surface area contributed by atoms with E-state index in [4.69, 9.17) is 9.47 Å². The highest BCUT2D eigenvalue weighted by atomic mass is 16.5. The summed E-state index contributed by atoms with van der Waals surface area (Å²) in [7, 11) is 1.64. The highest BCUT2D eigenvalue weighted by Gasteiger charge is 2.24. The molecule has 0 bridgehead atoms. The molecule has 0 atom stereocenters. The molecule has 0 aromatic carbocycles. The Balaban J connectivity index is 1.92. The predicted molar refractivity (Wildman–Crippen MR) is 42.9 cm³/mol. The topological polar surface area (TPSA) is 36.3 Å². The van der Waals surface area contributed by atoms with E-state index in [0.29, 0.717) is 18.7 Å². The standard InChI is InChI=1S/C8H12N2O2/c1-11-6-10-5-4-8(9-10)12-7-2-3-7/h4-5,7H,2-3,6H2,1H3. The summed E-state index contributed by atoms with van der Waals surface area (Å²) in [5.41, 5.74) is 0. The Kier molecular flexibility index (Phi) is 1.99. The van der Waals surface area contributed by atoms with Crippen LogP contribution in [0.4, 0.5) is 0 Å². The average Bonchev–Trinajstić information content (AvgIpc) is 2.74. The molecule has 1 aliphatic carbocycles. The van der Waals surface area contributed by atoms with Gasteiger partial charge in [-0.2, -0.15) is 0 Å². The van der Waals surface area contributed by atoms with Gasteiger partial charge in [0.2, 0.25) is 5.88 Å². The van der Waals surface area contributed by atoms with Crippen LogP contribution in [-0.2, 0) is 11.5 Å². The van der Waals surface area contributed by atoms with E-state index in [0.717, 1.165) is 12.8 Å². The maximum Gasteiger partial charge on any atom is 0.233 e. The van der Waals surface area contributed by atoms with Crippen molar-refractivity contribution in [1.82, 2.24) is 9.78 Å². The smallest absolute Gasteiger partial charge is 0.233 e. The first-order valence-corrected chi connectivity index (χ1v) is 4.07. The molecule has 2 rings (SSSR count). The van der Waals surface area contributed by atoms with Crippen LogP contribution in [0.1, 0.15) is 12.8 Å². The lowest BCUT2D eigenvalue weighted by atomic mass is 10.7. The lowest BCUT2D eigenvalue weighted by Gasteiger charge is -1.98. The molecule has 0 amide bonds. The molecule has 1 heterocycles. The summed E-state index contributed by atoms with van der Waals surface area (Å²) in [6.07, 6.45) is 4.59. The Morgan fingerprint density at radius 1 is 1.67 bits per heavy atom. The Labute approximate surface area is 71.1 Å². The van der Waals surface area contributed by atoms with Crippen molar-refractivity contribution in [2.45, 2.75) is 25.7 Å². The highest BCUT2D eigenvalue weighted by molar-refractivity contribution is 5.07. The molecule has 1 aromatic heterocycles. The van der Waals surface area contributed by atoms with Crippen LogP contribution in [0, 0.1) is 0 Å². The molecule has 1 aromatic rings. The van der Waals surface area contributed by atoms with Crippen molar-refractivity contribution in [3.8, 4) is 5.88 Å². The van der Waals surface area contributed by atoms with Gasteiger partial charge in [0.1, 0.15) is 12.8 Å². The molecule has 0 saturated heterocycles. The van der Waals surface area contributed by atoms with Crippen LogP contribution in [0.2, 0.25) is 0 Å². The van der Waals surface area contributed by atoms with Crippen molar-refractivity contribution in [2.75, 3.05) is 7.11 Å². The van der Waals surface area contributed by atoms with E-state index in [9.17, 15) is 0 Å². The molecule has 12 heavy (non-hydrogen) atoms. The minimum Gasteiger partial charge on any atom is -0.473 e. The fraction of sp³-hybridized carbons (Fsp3) is 0.625. The van der Waals surface area contributed by atoms with Crippen molar-refractivity contribution in [3.05, 3.63) is 12.3 Å². The monoisotopic (exact) mass is 168 g/mol. The summed E-state index contributed by atoms with van der Waals surface area (Å²) in [6.45, 7) is 0.480. The number of nitrogens with zero attached hydrogens (tertiary/aromatic N) is 2. The molecule has 1 fully saturated rings. The van der Waals surface area contributed by atoms with E-state index in [1.54, 1.807) is 11.8 Å². The lowest BCUT2D eigenvalue weighted by Crippen LogP contribution is -2.02. The van der Waals surface area contributed by atoms with Crippen LogP contribution >= 0.6 is 0 Å². The Bertz CT molecular complexity index is 255. The Morgan fingerprint density at radius 2 is 2.50 bits per heavy atom. The van der Waals surface area contributed by atoms with Crippen molar-refractivity contribution >= 4 is 0 Å². The molecule has 0 spiro atoms. The zero-order valence-corrected chi connectivity index (χ0v) is 7.06. The predicted octanol–water partition coefficient (Wildman–Crippen LogP) is 1.03. The maximum absolute atomic E-state index is 5.46. The van der Waals surface area contributed by atoms with Gasteiger partial charge in [-0.3, -0.25) is 0 Å². The van der Waals surface area contributed by atoms with Gasteiger partial charge in [-0.25, -0.2) is 4.68 Å². The van der Waals surface area contributed by atoms with Gasteiger partial charge in [0.15, 0.2) is 0 Å². The van der Waals surface area contributed by atoms with E-state index >= 15 is 0 Å². The zero-order valence-electron chi connectivity index (χ0n) is 7.06. The normalized spacial score (nSPS) is 16.4. The van der Waals surface area contributed by atoms with Crippen LogP contribution < -0.4 is 4.74 Å². The van der Waals surface area contributed by atoms with Gasteiger partial charge < -0.3 is 9.47 Å². The molecule has 0 N–H and O–H groups in total.